The number of hydrogen-bond donors (Lipinski definition) is 1. The van der Waals surface area contributed by atoms with E-state index >= 15 is 0 Å². The highest BCUT2D eigenvalue weighted by molar-refractivity contribution is 5.92. The average Bonchev–Trinajstić information content (AvgIpc) is 3.11. The van der Waals surface area contributed by atoms with Crippen LogP contribution in [0.25, 0.3) is 0 Å². The molecule has 0 radical (unpaired) electrons. The fourth-order valence-corrected chi connectivity index (χ4v) is 3.14. The Labute approximate surface area is 107 Å². The maximum atomic E-state index is 12.4. The van der Waals surface area contributed by atoms with Crippen LogP contribution in [0, 0.1) is 0 Å². The van der Waals surface area contributed by atoms with Crippen molar-refractivity contribution in [3.63, 3.8) is 0 Å². The maximum absolute atomic E-state index is 12.4. The monoisotopic (exact) mass is 249 g/mol. The lowest BCUT2D eigenvalue weighted by Gasteiger charge is -2.38. The second-order valence-electron chi connectivity index (χ2n) is 5.15. The van der Waals surface area contributed by atoms with Gasteiger partial charge in [0.1, 0.15) is 6.26 Å². The van der Waals surface area contributed by atoms with Gasteiger partial charge in [-0.3, -0.25) is 4.79 Å². The number of carbonyl (C=O) groups is 1. The fraction of sp³-hybridized carbons (Fsp3) is 0.692. The molecule has 0 bridgehead atoms. The molecule has 1 N–H and O–H groups in total. The van der Waals surface area contributed by atoms with Gasteiger partial charge < -0.3 is 14.7 Å². The third-order valence-electron chi connectivity index (χ3n) is 4.03. The molecule has 98 valence electrons. The normalized spacial score (nSPS) is 28.6. The Morgan fingerprint density at radius 3 is 3.06 bits per heavy atom. The molecular weight excluding hydrogens is 230 g/mol. The van der Waals surface area contributed by atoms with Crippen molar-refractivity contribution in [1.29, 1.82) is 0 Å². The van der Waals surface area contributed by atoms with Crippen molar-refractivity contribution in [1.82, 2.24) is 15.4 Å². The highest BCUT2D eigenvalue weighted by Crippen LogP contribution is 2.25. The van der Waals surface area contributed by atoms with E-state index in [1.54, 1.807) is 6.07 Å². The van der Waals surface area contributed by atoms with Crippen LogP contribution in [0.5, 0.6) is 0 Å². The molecule has 0 spiro atoms. The lowest BCUT2D eigenvalue weighted by atomic mass is 9.94. The number of amides is 1. The third kappa shape index (κ3) is 2.14. The number of hydrogen-bond acceptors (Lipinski definition) is 4. The van der Waals surface area contributed by atoms with Crippen LogP contribution < -0.4 is 5.32 Å². The Morgan fingerprint density at radius 1 is 1.39 bits per heavy atom. The van der Waals surface area contributed by atoms with Gasteiger partial charge in [-0.2, -0.15) is 0 Å². The quantitative estimate of drug-likeness (QED) is 0.861. The molecule has 2 fully saturated rings. The Bertz CT molecular complexity index is 398. The molecule has 3 heterocycles. The predicted molar refractivity (Wildman–Crippen MR) is 66.2 cm³/mol. The van der Waals surface area contributed by atoms with Gasteiger partial charge in [-0.25, -0.2) is 0 Å². The largest absolute Gasteiger partial charge is 0.364 e. The minimum Gasteiger partial charge on any atom is -0.364 e. The van der Waals surface area contributed by atoms with Gasteiger partial charge in [0.25, 0.3) is 5.91 Å². The van der Waals surface area contributed by atoms with Crippen molar-refractivity contribution in [2.45, 2.75) is 44.2 Å². The third-order valence-corrected chi connectivity index (χ3v) is 4.03. The highest BCUT2D eigenvalue weighted by atomic mass is 16.5. The van der Waals surface area contributed by atoms with E-state index in [0.29, 0.717) is 17.8 Å². The van der Waals surface area contributed by atoms with Crippen LogP contribution in [0.1, 0.15) is 42.6 Å². The molecule has 5 heteroatoms. The van der Waals surface area contributed by atoms with Crippen molar-refractivity contribution in [3.05, 3.63) is 18.0 Å². The molecule has 2 unspecified atom stereocenters. The zero-order valence-corrected chi connectivity index (χ0v) is 10.5. The first-order valence-corrected chi connectivity index (χ1v) is 6.81. The molecular formula is C13H19N3O2. The van der Waals surface area contributed by atoms with Gasteiger partial charge in [-0.05, 0) is 38.6 Å². The SMILES string of the molecule is O=C(c1ccon1)N1CCCCC1C1CCCN1. The molecule has 5 nitrogen and oxygen atoms in total. The number of carbonyl (C=O) groups excluding carboxylic acids is 1. The summed E-state index contributed by atoms with van der Waals surface area (Å²) < 4.78 is 4.77. The summed E-state index contributed by atoms with van der Waals surface area (Å²) >= 11 is 0. The van der Waals surface area contributed by atoms with E-state index in [9.17, 15) is 4.79 Å². The number of nitrogens with zero attached hydrogens (tertiary/aromatic N) is 2. The molecule has 2 aliphatic rings. The van der Waals surface area contributed by atoms with Crippen LogP contribution in [0.3, 0.4) is 0 Å². The minimum atomic E-state index is 0.0159. The van der Waals surface area contributed by atoms with Crippen LogP contribution in [0.4, 0.5) is 0 Å². The summed E-state index contributed by atoms with van der Waals surface area (Å²) in [6.45, 7) is 1.92. The van der Waals surface area contributed by atoms with E-state index in [2.05, 4.69) is 10.5 Å². The molecule has 2 atom stereocenters. The zero-order chi connectivity index (χ0) is 12.4. The number of likely N-dealkylation sites (tertiary alicyclic amines) is 1. The summed E-state index contributed by atoms with van der Waals surface area (Å²) in [5.74, 6) is 0.0159. The Hall–Kier alpha value is -1.36. The second kappa shape index (κ2) is 5.10. The zero-order valence-electron chi connectivity index (χ0n) is 10.5. The van der Waals surface area contributed by atoms with E-state index in [0.717, 1.165) is 25.9 Å². The highest BCUT2D eigenvalue weighted by Gasteiger charge is 2.35. The van der Waals surface area contributed by atoms with Crippen molar-refractivity contribution in [3.8, 4) is 0 Å². The van der Waals surface area contributed by atoms with Gasteiger partial charge in [0, 0.05) is 24.7 Å². The van der Waals surface area contributed by atoms with Gasteiger partial charge in [0.2, 0.25) is 0 Å². The number of rotatable bonds is 2. The molecule has 0 aromatic carbocycles. The van der Waals surface area contributed by atoms with E-state index in [1.807, 2.05) is 4.90 Å². The molecule has 0 aliphatic carbocycles. The minimum absolute atomic E-state index is 0.0159. The Balaban J connectivity index is 1.76. The van der Waals surface area contributed by atoms with E-state index in [4.69, 9.17) is 4.52 Å². The summed E-state index contributed by atoms with van der Waals surface area (Å²) in [5.41, 5.74) is 0.430. The Kier molecular flexibility index (Phi) is 3.32. The first-order valence-electron chi connectivity index (χ1n) is 6.81. The van der Waals surface area contributed by atoms with Crippen LogP contribution >= 0.6 is 0 Å². The van der Waals surface area contributed by atoms with Gasteiger partial charge in [0.15, 0.2) is 5.69 Å². The second-order valence-corrected chi connectivity index (χ2v) is 5.15. The molecule has 2 saturated heterocycles. The summed E-state index contributed by atoms with van der Waals surface area (Å²) in [7, 11) is 0. The van der Waals surface area contributed by atoms with Gasteiger partial charge in [0.05, 0.1) is 0 Å². The average molecular weight is 249 g/mol. The van der Waals surface area contributed by atoms with Crippen molar-refractivity contribution in [2.75, 3.05) is 13.1 Å². The fourth-order valence-electron chi connectivity index (χ4n) is 3.14. The van der Waals surface area contributed by atoms with Crippen LogP contribution in [-0.2, 0) is 0 Å². The molecule has 18 heavy (non-hydrogen) atoms. The first-order chi connectivity index (χ1) is 8.86. The van der Waals surface area contributed by atoms with Gasteiger partial charge in [-0.15, -0.1) is 0 Å². The topological polar surface area (TPSA) is 58.4 Å². The van der Waals surface area contributed by atoms with Crippen LogP contribution in [-0.4, -0.2) is 41.1 Å². The molecule has 2 aliphatic heterocycles. The van der Waals surface area contributed by atoms with Crippen molar-refractivity contribution in [2.24, 2.45) is 0 Å². The van der Waals surface area contributed by atoms with Crippen LogP contribution in [0.2, 0.25) is 0 Å². The van der Waals surface area contributed by atoms with Crippen molar-refractivity contribution >= 4 is 5.91 Å². The van der Waals surface area contributed by atoms with Crippen LogP contribution in [0.15, 0.2) is 16.9 Å². The molecule has 1 aromatic rings. The lowest BCUT2D eigenvalue weighted by molar-refractivity contribution is 0.0553. The number of piperidine rings is 1. The maximum Gasteiger partial charge on any atom is 0.276 e. The molecule has 1 aromatic heterocycles. The Morgan fingerprint density at radius 2 is 2.33 bits per heavy atom. The van der Waals surface area contributed by atoms with Gasteiger partial charge in [-0.1, -0.05) is 5.16 Å². The van der Waals surface area contributed by atoms with E-state index in [1.165, 1.54) is 25.5 Å². The predicted octanol–water partition coefficient (Wildman–Crippen LogP) is 1.42. The smallest absolute Gasteiger partial charge is 0.276 e. The summed E-state index contributed by atoms with van der Waals surface area (Å²) in [5, 5.41) is 7.28. The summed E-state index contributed by atoms with van der Waals surface area (Å²) in [6.07, 6.45) is 7.25. The molecule has 3 rings (SSSR count). The standard InChI is InChI=1S/C13H19N3O2/c17-13(11-6-9-18-15-11)16-8-2-1-5-12(16)10-4-3-7-14-10/h6,9-10,12,14H,1-5,7-8H2. The van der Waals surface area contributed by atoms with E-state index < -0.39 is 0 Å². The number of aromatic nitrogens is 1. The summed E-state index contributed by atoms with van der Waals surface area (Å²) in [4.78, 5) is 14.4. The summed E-state index contributed by atoms with van der Waals surface area (Å²) in [6, 6.07) is 2.43. The van der Waals surface area contributed by atoms with Crippen molar-refractivity contribution < 1.29 is 9.32 Å². The molecule has 0 saturated carbocycles. The first kappa shape index (κ1) is 11.7. The molecule has 1 amide bonds. The van der Waals surface area contributed by atoms with Gasteiger partial charge >= 0.3 is 0 Å². The lowest BCUT2D eigenvalue weighted by Crippen LogP contribution is -2.52. The van der Waals surface area contributed by atoms with E-state index in [-0.39, 0.29) is 5.91 Å². The number of nitrogens with one attached hydrogen (secondary N) is 1.